The molecule has 164 valence electrons. The lowest BCUT2D eigenvalue weighted by molar-refractivity contribution is -0.124. The molecule has 1 fully saturated rings. The topological polar surface area (TPSA) is 58.6 Å². The molecule has 0 radical (unpaired) electrons. The first kappa shape index (κ1) is 21.8. The summed E-state index contributed by atoms with van der Waals surface area (Å²) in [5.41, 5.74) is 3.44. The smallest absolute Gasteiger partial charge is 0.254 e. The summed E-state index contributed by atoms with van der Waals surface area (Å²) in [5.74, 6) is -0.213. The second kappa shape index (κ2) is 10.7. The van der Waals surface area contributed by atoms with Gasteiger partial charge < -0.3 is 15.0 Å². The van der Waals surface area contributed by atoms with E-state index in [2.05, 4.69) is 17.4 Å². The van der Waals surface area contributed by atoms with E-state index in [-0.39, 0.29) is 11.8 Å². The highest BCUT2D eigenvalue weighted by atomic mass is 16.5. The first-order valence-electron chi connectivity index (χ1n) is 11.1. The van der Waals surface area contributed by atoms with Crippen molar-refractivity contribution in [2.75, 3.05) is 18.5 Å². The Balaban J connectivity index is 1.49. The highest BCUT2D eigenvalue weighted by molar-refractivity contribution is 5.98. The molecular weight excluding hydrogens is 400 g/mol. The number of rotatable bonds is 8. The van der Waals surface area contributed by atoms with E-state index >= 15 is 0 Å². The van der Waals surface area contributed by atoms with Gasteiger partial charge in [0.05, 0.1) is 0 Å². The summed E-state index contributed by atoms with van der Waals surface area (Å²) in [4.78, 5) is 27.7. The zero-order valence-corrected chi connectivity index (χ0v) is 18.1. The van der Waals surface area contributed by atoms with Crippen LogP contribution in [0, 0.1) is 0 Å². The third kappa shape index (κ3) is 5.83. The maximum absolute atomic E-state index is 13.5. The van der Waals surface area contributed by atoms with Crippen molar-refractivity contribution in [2.24, 2.45) is 0 Å². The molecule has 0 saturated carbocycles. The van der Waals surface area contributed by atoms with E-state index in [9.17, 15) is 9.59 Å². The minimum absolute atomic E-state index is 0.0574. The van der Waals surface area contributed by atoms with Crippen LogP contribution in [0.25, 0.3) is 0 Å². The van der Waals surface area contributed by atoms with E-state index in [1.54, 1.807) is 24.3 Å². The standard InChI is InChI=1S/C27H28N2O3/c30-26(25-15-8-18-32-25)28-24-14-7-13-23(19-24)27(31)29(20-22-11-5-2-6-12-22)17-16-21-9-3-1-4-10-21/h1-7,9-14,19,25H,8,15-18,20H2,(H,28,30). The summed E-state index contributed by atoms with van der Waals surface area (Å²) in [5, 5.41) is 2.89. The molecule has 0 bridgehead atoms. The molecule has 32 heavy (non-hydrogen) atoms. The fourth-order valence-electron chi connectivity index (χ4n) is 3.88. The molecule has 1 atom stereocenters. The lowest BCUT2D eigenvalue weighted by atomic mass is 10.1. The Hall–Kier alpha value is -3.44. The Morgan fingerprint density at radius 1 is 0.906 bits per heavy atom. The number of ether oxygens (including phenoxy) is 1. The Morgan fingerprint density at radius 3 is 2.31 bits per heavy atom. The van der Waals surface area contributed by atoms with E-state index < -0.39 is 6.10 Å². The maximum Gasteiger partial charge on any atom is 0.254 e. The van der Waals surface area contributed by atoms with Crippen molar-refractivity contribution in [3.05, 3.63) is 102 Å². The van der Waals surface area contributed by atoms with Gasteiger partial charge in [-0.05, 0) is 48.6 Å². The van der Waals surface area contributed by atoms with E-state index in [4.69, 9.17) is 4.74 Å². The molecule has 1 aliphatic heterocycles. The Bertz CT molecular complexity index is 1030. The van der Waals surface area contributed by atoms with Gasteiger partial charge in [-0.25, -0.2) is 0 Å². The van der Waals surface area contributed by atoms with Crippen LogP contribution in [0.5, 0.6) is 0 Å². The molecule has 5 nitrogen and oxygen atoms in total. The number of hydrogen-bond acceptors (Lipinski definition) is 3. The summed E-state index contributed by atoms with van der Waals surface area (Å²) in [6.07, 6.45) is 1.99. The maximum atomic E-state index is 13.5. The minimum atomic E-state index is -0.408. The highest BCUT2D eigenvalue weighted by Crippen LogP contribution is 2.18. The molecule has 1 aliphatic rings. The van der Waals surface area contributed by atoms with Crippen molar-refractivity contribution in [3.63, 3.8) is 0 Å². The number of nitrogens with zero attached hydrogens (tertiary/aromatic N) is 1. The Labute approximate surface area is 189 Å². The molecular formula is C27H28N2O3. The van der Waals surface area contributed by atoms with Crippen LogP contribution in [0.4, 0.5) is 5.69 Å². The van der Waals surface area contributed by atoms with Crippen LogP contribution in [-0.4, -0.2) is 36.0 Å². The predicted octanol–water partition coefficient (Wildman–Crippen LogP) is 4.69. The van der Waals surface area contributed by atoms with Crippen molar-refractivity contribution in [1.29, 1.82) is 0 Å². The third-order valence-electron chi connectivity index (χ3n) is 5.62. The monoisotopic (exact) mass is 428 g/mol. The SMILES string of the molecule is O=C(Nc1cccc(C(=O)N(CCc2ccccc2)Cc2ccccc2)c1)C1CCCO1. The zero-order valence-electron chi connectivity index (χ0n) is 18.1. The number of anilines is 1. The second-order valence-electron chi connectivity index (χ2n) is 8.02. The summed E-state index contributed by atoms with van der Waals surface area (Å²) in [6.45, 7) is 1.75. The second-order valence-corrected chi connectivity index (χ2v) is 8.02. The lowest BCUT2D eigenvalue weighted by Gasteiger charge is -2.23. The fourth-order valence-corrected chi connectivity index (χ4v) is 3.88. The number of hydrogen-bond donors (Lipinski definition) is 1. The number of benzene rings is 3. The Kier molecular flexibility index (Phi) is 7.31. The van der Waals surface area contributed by atoms with E-state index in [0.717, 1.165) is 24.8 Å². The van der Waals surface area contributed by atoms with Crippen LogP contribution in [-0.2, 0) is 22.5 Å². The molecule has 1 saturated heterocycles. The van der Waals surface area contributed by atoms with E-state index in [1.165, 1.54) is 5.56 Å². The van der Waals surface area contributed by atoms with Crippen LogP contribution >= 0.6 is 0 Å². The van der Waals surface area contributed by atoms with Crippen LogP contribution in [0.3, 0.4) is 0 Å². The van der Waals surface area contributed by atoms with Gasteiger partial charge in [-0.1, -0.05) is 66.7 Å². The van der Waals surface area contributed by atoms with Gasteiger partial charge in [0.2, 0.25) is 0 Å². The zero-order chi connectivity index (χ0) is 22.2. The molecule has 0 aromatic heterocycles. The quantitative estimate of drug-likeness (QED) is 0.566. The first-order valence-corrected chi connectivity index (χ1v) is 11.1. The normalized spacial score (nSPS) is 15.3. The number of amides is 2. The molecule has 0 spiro atoms. The van der Waals surface area contributed by atoms with Crippen LogP contribution in [0.15, 0.2) is 84.9 Å². The van der Waals surface area contributed by atoms with Gasteiger partial charge in [-0.3, -0.25) is 9.59 Å². The van der Waals surface area contributed by atoms with Crippen LogP contribution in [0.1, 0.15) is 34.3 Å². The average Bonchev–Trinajstić information content (AvgIpc) is 3.38. The van der Waals surface area contributed by atoms with Crippen molar-refractivity contribution in [1.82, 2.24) is 4.90 Å². The van der Waals surface area contributed by atoms with Crippen LogP contribution in [0.2, 0.25) is 0 Å². The van der Waals surface area contributed by atoms with Gasteiger partial charge >= 0.3 is 0 Å². The largest absolute Gasteiger partial charge is 0.368 e. The molecule has 0 aliphatic carbocycles. The van der Waals surface area contributed by atoms with E-state index in [0.29, 0.717) is 30.9 Å². The minimum Gasteiger partial charge on any atom is -0.368 e. The van der Waals surface area contributed by atoms with Crippen molar-refractivity contribution >= 4 is 17.5 Å². The molecule has 5 heteroatoms. The first-order chi connectivity index (χ1) is 15.7. The molecule has 1 heterocycles. The van der Waals surface area contributed by atoms with E-state index in [1.807, 2.05) is 53.4 Å². The third-order valence-corrected chi connectivity index (χ3v) is 5.62. The summed E-state index contributed by atoms with van der Waals surface area (Å²) < 4.78 is 5.46. The van der Waals surface area contributed by atoms with Gasteiger partial charge in [0, 0.05) is 30.9 Å². The Morgan fingerprint density at radius 2 is 1.62 bits per heavy atom. The van der Waals surface area contributed by atoms with Gasteiger partial charge in [0.25, 0.3) is 11.8 Å². The molecule has 1 N–H and O–H groups in total. The summed E-state index contributed by atoms with van der Waals surface area (Å²) in [6, 6.07) is 27.3. The molecule has 2 amide bonds. The average molecular weight is 429 g/mol. The van der Waals surface area contributed by atoms with Crippen molar-refractivity contribution in [2.45, 2.75) is 31.9 Å². The highest BCUT2D eigenvalue weighted by Gasteiger charge is 2.24. The van der Waals surface area contributed by atoms with Crippen molar-refractivity contribution < 1.29 is 14.3 Å². The van der Waals surface area contributed by atoms with Gasteiger partial charge in [0.15, 0.2) is 0 Å². The fraction of sp³-hybridized carbons (Fsp3) is 0.259. The molecule has 1 unspecified atom stereocenters. The summed E-state index contributed by atoms with van der Waals surface area (Å²) in [7, 11) is 0. The molecule has 3 aromatic carbocycles. The van der Waals surface area contributed by atoms with Crippen molar-refractivity contribution in [3.8, 4) is 0 Å². The molecule has 3 aromatic rings. The lowest BCUT2D eigenvalue weighted by Crippen LogP contribution is -2.32. The predicted molar refractivity (Wildman–Crippen MR) is 125 cm³/mol. The molecule has 4 rings (SSSR count). The van der Waals surface area contributed by atoms with Gasteiger partial charge in [-0.2, -0.15) is 0 Å². The van der Waals surface area contributed by atoms with Gasteiger partial charge in [-0.15, -0.1) is 0 Å². The van der Waals surface area contributed by atoms with Crippen LogP contribution < -0.4 is 5.32 Å². The summed E-state index contributed by atoms with van der Waals surface area (Å²) >= 11 is 0. The number of carbonyl (C=O) groups is 2. The number of nitrogens with one attached hydrogen (secondary N) is 1. The van der Waals surface area contributed by atoms with Gasteiger partial charge in [0.1, 0.15) is 6.10 Å². The number of carbonyl (C=O) groups excluding carboxylic acids is 2.